The summed E-state index contributed by atoms with van der Waals surface area (Å²) in [6, 6.07) is 1.58. The molecule has 104 valence electrons. The van der Waals surface area contributed by atoms with Gasteiger partial charge in [-0.3, -0.25) is 9.80 Å². The molecule has 0 N–H and O–H groups in total. The molecular formula is C16H30N2. The molecule has 1 unspecified atom stereocenters. The third-order valence-corrected chi connectivity index (χ3v) is 4.84. The van der Waals surface area contributed by atoms with Crippen molar-refractivity contribution in [1.82, 2.24) is 9.80 Å². The van der Waals surface area contributed by atoms with Crippen LogP contribution >= 0.6 is 0 Å². The molecule has 0 amide bonds. The van der Waals surface area contributed by atoms with Crippen LogP contribution in [0.4, 0.5) is 0 Å². The van der Waals surface area contributed by atoms with Crippen LogP contribution < -0.4 is 0 Å². The number of nitrogens with zero attached hydrogens (tertiary/aromatic N) is 2. The molecule has 1 atom stereocenters. The second-order valence-electron chi connectivity index (χ2n) is 6.20. The van der Waals surface area contributed by atoms with Crippen LogP contribution in [0.1, 0.15) is 52.9 Å². The summed E-state index contributed by atoms with van der Waals surface area (Å²) < 4.78 is 0. The van der Waals surface area contributed by atoms with Gasteiger partial charge in [-0.05, 0) is 52.9 Å². The van der Waals surface area contributed by atoms with Crippen LogP contribution in [0.15, 0.2) is 11.6 Å². The molecule has 2 rings (SSSR count). The van der Waals surface area contributed by atoms with E-state index in [0.717, 1.165) is 12.1 Å². The van der Waals surface area contributed by atoms with Crippen LogP contribution in [0.2, 0.25) is 0 Å². The molecule has 2 heteroatoms. The van der Waals surface area contributed by atoms with Gasteiger partial charge in [0.1, 0.15) is 0 Å². The zero-order valence-corrected chi connectivity index (χ0v) is 12.5. The predicted octanol–water partition coefficient (Wildman–Crippen LogP) is 3.29. The van der Waals surface area contributed by atoms with E-state index in [0.29, 0.717) is 0 Å². The van der Waals surface area contributed by atoms with E-state index in [9.17, 15) is 0 Å². The van der Waals surface area contributed by atoms with Crippen molar-refractivity contribution in [3.8, 4) is 0 Å². The second kappa shape index (κ2) is 6.72. The lowest BCUT2D eigenvalue weighted by atomic mass is 10.1. The molecule has 0 aromatic rings. The first-order chi connectivity index (χ1) is 8.70. The van der Waals surface area contributed by atoms with Crippen molar-refractivity contribution in [2.24, 2.45) is 0 Å². The number of allylic oxidation sites excluding steroid dienone is 2. The topological polar surface area (TPSA) is 6.48 Å². The summed E-state index contributed by atoms with van der Waals surface area (Å²) in [6.07, 6.45) is 9.23. The number of piperazine rings is 1. The normalized spacial score (nSPS) is 30.9. The molecule has 1 saturated carbocycles. The molecule has 0 bridgehead atoms. The molecule has 0 aromatic heterocycles. The molecule has 1 saturated heterocycles. The Balaban J connectivity index is 1.82. The van der Waals surface area contributed by atoms with Gasteiger partial charge in [0.2, 0.25) is 0 Å². The van der Waals surface area contributed by atoms with Crippen LogP contribution in [0, 0.1) is 0 Å². The van der Waals surface area contributed by atoms with Crippen LogP contribution in [0.3, 0.4) is 0 Å². The van der Waals surface area contributed by atoms with Gasteiger partial charge in [0, 0.05) is 38.3 Å². The highest BCUT2D eigenvalue weighted by atomic mass is 15.3. The quantitative estimate of drug-likeness (QED) is 0.548. The fraction of sp³-hybridized carbons (Fsp3) is 0.875. The highest BCUT2D eigenvalue weighted by Gasteiger charge is 2.25. The van der Waals surface area contributed by atoms with E-state index in [4.69, 9.17) is 0 Å². The maximum atomic E-state index is 2.76. The van der Waals surface area contributed by atoms with E-state index in [1.54, 1.807) is 5.57 Å². The molecule has 1 heterocycles. The maximum absolute atomic E-state index is 2.76. The molecule has 2 nitrogen and oxygen atoms in total. The third kappa shape index (κ3) is 3.58. The van der Waals surface area contributed by atoms with Gasteiger partial charge in [-0.2, -0.15) is 0 Å². The number of rotatable bonds is 2. The molecular weight excluding hydrogens is 220 g/mol. The summed E-state index contributed by atoms with van der Waals surface area (Å²) in [6.45, 7) is 12.0. The zero-order valence-electron chi connectivity index (χ0n) is 12.5. The Hall–Kier alpha value is -0.340. The van der Waals surface area contributed by atoms with Crippen molar-refractivity contribution >= 4 is 0 Å². The van der Waals surface area contributed by atoms with Gasteiger partial charge in [0.15, 0.2) is 0 Å². The monoisotopic (exact) mass is 250 g/mol. The second-order valence-corrected chi connectivity index (χ2v) is 6.20. The van der Waals surface area contributed by atoms with Crippen molar-refractivity contribution in [3.05, 3.63) is 11.6 Å². The minimum absolute atomic E-state index is 0.718. The molecule has 1 aliphatic carbocycles. The Morgan fingerprint density at radius 1 is 1.06 bits per heavy atom. The van der Waals surface area contributed by atoms with Crippen molar-refractivity contribution in [2.45, 2.75) is 65.0 Å². The Morgan fingerprint density at radius 3 is 2.39 bits per heavy atom. The average Bonchev–Trinajstić information content (AvgIpc) is 2.64. The summed E-state index contributed by atoms with van der Waals surface area (Å²) in [4.78, 5) is 5.38. The zero-order chi connectivity index (χ0) is 13.0. The summed E-state index contributed by atoms with van der Waals surface area (Å²) in [7, 11) is 0. The van der Waals surface area contributed by atoms with E-state index in [-0.39, 0.29) is 0 Å². The summed E-state index contributed by atoms with van der Waals surface area (Å²) in [5, 5.41) is 0. The highest BCUT2D eigenvalue weighted by Crippen LogP contribution is 2.26. The largest absolute Gasteiger partial charge is 0.298 e. The first-order valence-corrected chi connectivity index (χ1v) is 7.83. The van der Waals surface area contributed by atoms with E-state index >= 15 is 0 Å². The standard InChI is InChI=1S/C16H30N2/c1-4-15-6-5-7-16(9-8-15)18-12-10-17(11-13-18)14(2)3/h4,14,16H,5-13H2,1-3H3/b15-4-. The summed E-state index contributed by atoms with van der Waals surface area (Å²) in [5.41, 5.74) is 1.69. The fourth-order valence-electron chi connectivity index (χ4n) is 3.46. The smallest absolute Gasteiger partial charge is 0.0113 e. The Kier molecular flexibility index (Phi) is 5.25. The van der Waals surface area contributed by atoms with Crippen LogP contribution in [-0.2, 0) is 0 Å². The molecule has 2 fully saturated rings. The molecule has 1 aliphatic heterocycles. The van der Waals surface area contributed by atoms with Crippen molar-refractivity contribution in [3.63, 3.8) is 0 Å². The lowest BCUT2D eigenvalue weighted by molar-refractivity contribution is 0.0728. The minimum Gasteiger partial charge on any atom is -0.298 e. The lowest BCUT2D eigenvalue weighted by Crippen LogP contribution is -2.52. The van der Waals surface area contributed by atoms with Crippen LogP contribution in [-0.4, -0.2) is 48.1 Å². The van der Waals surface area contributed by atoms with Crippen molar-refractivity contribution in [1.29, 1.82) is 0 Å². The van der Waals surface area contributed by atoms with Crippen molar-refractivity contribution in [2.75, 3.05) is 26.2 Å². The van der Waals surface area contributed by atoms with Gasteiger partial charge in [-0.1, -0.05) is 11.6 Å². The van der Waals surface area contributed by atoms with Gasteiger partial charge >= 0.3 is 0 Å². The van der Waals surface area contributed by atoms with E-state index in [1.165, 1.54) is 58.3 Å². The van der Waals surface area contributed by atoms with E-state index in [1.807, 2.05) is 0 Å². The number of hydrogen-bond donors (Lipinski definition) is 0. The molecule has 0 spiro atoms. The van der Waals surface area contributed by atoms with Gasteiger partial charge in [-0.25, -0.2) is 0 Å². The van der Waals surface area contributed by atoms with Crippen molar-refractivity contribution < 1.29 is 0 Å². The van der Waals surface area contributed by atoms with Gasteiger partial charge in [-0.15, -0.1) is 0 Å². The lowest BCUT2D eigenvalue weighted by Gasteiger charge is -2.40. The first-order valence-electron chi connectivity index (χ1n) is 7.83. The highest BCUT2D eigenvalue weighted by molar-refractivity contribution is 5.03. The molecule has 18 heavy (non-hydrogen) atoms. The van der Waals surface area contributed by atoms with Crippen LogP contribution in [0.25, 0.3) is 0 Å². The molecule has 2 aliphatic rings. The third-order valence-electron chi connectivity index (χ3n) is 4.84. The van der Waals surface area contributed by atoms with Crippen LogP contribution in [0.5, 0.6) is 0 Å². The fourth-order valence-corrected chi connectivity index (χ4v) is 3.46. The number of hydrogen-bond acceptors (Lipinski definition) is 2. The van der Waals surface area contributed by atoms with Gasteiger partial charge < -0.3 is 0 Å². The predicted molar refractivity (Wildman–Crippen MR) is 78.9 cm³/mol. The minimum atomic E-state index is 0.718. The van der Waals surface area contributed by atoms with E-state index in [2.05, 4.69) is 36.6 Å². The molecule has 0 aromatic carbocycles. The Bertz CT molecular complexity index is 275. The molecule has 0 radical (unpaired) electrons. The Morgan fingerprint density at radius 2 is 1.78 bits per heavy atom. The SMILES string of the molecule is C/C=C1/CCCC(N2CCN(C(C)C)CC2)CC1. The van der Waals surface area contributed by atoms with Gasteiger partial charge in [0.05, 0.1) is 0 Å². The first kappa shape index (κ1) is 14.1. The summed E-state index contributed by atoms with van der Waals surface area (Å²) in [5.74, 6) is 0. The Labute approximate surface area is 113 Å². The van der Waals surface area contributed by atoms with Gasteiger partial charge in [0.25, 0.3) is 0 Å². The maximum Gasteiger partial charge on any atom is 0.0113 e. The van der Waals surface area contributed by atoms with E-state index < -0.39 is 0 Å². The summed E-state index contributed by atoms with van der Waals surface area (Å²) >= 11 is 0. The average molecular weight is 250 g/mol.